The summed E-state index contributed by atoms with van der Waals surface area (Å²) in [5.74, 6) is 0.370. The van der Waals surface area contributed by atoms with E-state index < -0.39 is 11.9 Å². The third-order valence-corrected chi connectivity index (χ3v) is 4.03. The van der Waals surface area contributed by atoms with Crippen LogP contribution in [0.4, 0.5) is 24.7 Å². The second kappa shape index (κ2) is 7.86. The first-order valence-corrected chi connectivity index (χ1v) is 8.08. The van der Waals surface area contributed by atoms with Gasteiger partial charge in [-0.25, -0.2) is 4.98 Å². The molecule has 1 N–H and O–H groups in total. The maximum absolute atomic E-state index is 12.9. The lowest BCUT2D eigenvalue weighted by atomic mass is 10.1. The van der Waals surface area contributed by atoms with Crippen LogP contribution >= 0.6 is 0 Å². The van der Waals surface area contributed by atoms with Gasteiger partial charge in [0.15, 0.2) is 5.82 Å². The molecular formula is C16H24F3N3O. The van der Waals surface area contributed by atoms with E-state index in [-0.39, 0.29) is 6.10 Å². The van der Waals surface area contributed by atoms with Gasteiger partial charge in [0.2, 0.25) is 0 Å². The van der Waals surface area contributed by atoms with Crippen LogP contribution in [0.3, 0.4) is 0 Å². The molecule has 23 heavy (non-hydrogen) atoms. The second-order valence-corrected chi connectivity index (χ2v) is 5.73. The molecule has 0 unspecified atom stereocenters. The van der Waals surface area contributed by atoms with E-state index in [1.54, 1.807) is 7.05 Å². The molecule has 0 aliphatic carbocycles. The molecule has 0 spiro atoms. The number of aromatic nitrogens is 1. The summed E-state index contributed by atoms with van der Waals surface area (Å²) < 4.78 is 44.5. The molecule has 130 valence electrons. The van der Waals surface area contributed by atoms with Crippen LogP contribution in [-0.4, -0.2) is 37.8 Å². The van der Waals surface area contributed by atoms with Crippen LogP contribution < -0.4 is 10.2 Å². The Hall–Kier alpha value is -1.50. The van der Waals surface area contributed by atoms with Gasteiger partial charge in [0.25, 0.3) is 0 Å². The Morgan fingerprint density at radius 2 is 2.00 bits per heavy atom. The summed E-state index contributed by atoms with van der Waals surface area (Å²) in [5, 5.41) is 2.92. The van der Waals surface area contributed by atoms with Gasteiger partial charge in [-0.2, -0.15) is 13.2 Å². The quantitative estimate of drug-likeness (QED) is 0.802. The van der Waals surface area contributed by atoms with Crippen molar-refractivity contribution in [3.8, 4) is 0 Å². The molecule has 0 amide bonds. The maximum atomic E-state index is 12.9. The topological polar surface area (TPSA) is 37.4 Å². The van der Waals surface area contributed by atoms with E-state index in [0.717, 1.165) is 38.4 Å². The van der Waals surface area contributed by atoms with Gasteiger partial charge in [-0.05, 0) is 31.4 Å². The van der Waals surface area contributed by atoms with E-state index in [1.165, 1.54) is 6.07 Å². The first kappa shape index (κ1) is 17.8. The summed E-state index contributed by atoms with van der Waals surface area (Å²) >= 11 is 0. The molecule has 0 atom stereocenters. The van der Waals surface area contributed by atoms with Crippen LogP contribution in [0, 0.1) is 0 Å². The normalized spacial score (nSPS) is 16.7. The Bertz CT molecular complexity index is 500. The van der Waals surface area contributed by atoms with Crippen molar-refractivity contribution in [2.75, 3.05) is 37.0 Å². The van der Waals surface area contributed by atoms with E-state index in [4.69, 9.17) is 4.74 Å². The molecule has 1 saturated heterocycles. The average Bonchev–Trinajstić information content (AvgIpc) is 2.54. The molecule has 2 rings (SSSR count). The molecule has 2 heterocycles. The van der Waals surface area contributed by atoms with Crippen molar-refractivity contribution in [3.63, 3.8) is 0 Å². The molecule has 7 heteroatoms. The molecule has 1 aromatic heterocycles. The fraction of sp³-hybridized carbons (Fsp3) is 0.688. The number of ether oxygens (including phenoxy) is 1. The third kappa shape index (κ3) is 4.73. The Labute approximate surface area is 135 Å². The number of hydrogen-bond donors (Lipinski definition) is 1. The van der Waals surface area contributed by atoms with E-state index in [2.05, 4.69) is 17.2 Å². The minimum atomic E-state index is -4.43. The summed E-state index contributed by atoms with van der Waals surface area (Å²) in [6.07, 6.45) is -0.475. The number of alkyl halides is 3. The van der Waals surface area contributed by atoms with E-state index in [9.17, 15) is 13.2 Å². The summed E-state index contributed by atoms with van der Waals surface area (Å²) in [7, 11) is 1.69. The summed E-state index contributed by atoms with van der Waals surface area (Å²) in [6.45, 7) is 4.18. The molecule has 1 aliphatic rings. The molecule has 0 bridgehead atoms. The van der Waals surface area contributed by atoms with Crippen molar-refractivity contribution in [1.29, 1.82) is 0 Å². The van der Waals surface area contributed by atoms with Gasteiger partial charge in [-0.15, -0.1) is 0 Å². The molecule has 0 aromatic carbocycles. The van der Waals surface area contributed by atoms with Gasteiger partial charge in [-0.1, -0.05) is 13.3 Å². The monoisotopic (exact) mass is 331 g/mol. The van der Waals surface area contributed by atoms with Crippen molar-refractivity contribution in [2.45, 2.75) is 44.9 Å². The molecule has 1 aromatic rings. The Morgan fingerprint density at radius 1 is 1.30 bits per heavy atom. The highest BCUT2D eigenvalue weighted by molar-refractivity contribution is 5.66. The predicted octanol–water partition coefficient (Wildman–Crippen LogP) is 3.93. The molecule has 4 nitrogen and oxygen atoms in total. The van der Waals surface area contributed by atoms with E-state index >= 15 is 0 Å². The van der Waals surface area contributed by atoms with Gasteiger partial charge >= 0.3 is 6.18 Å². The number of anilines is 2. The lowest BCUT2D eigenvalue weighted by Gasteiger charge is -2.34. The first-order valence-electron chi connectivity index (χ1n) is 8.08. The number of rotatable bonds is 6. The zero-order valence-electron chi connectivity index (χ0n) is 13.6. The Morgan fingerprint density at radius 3 is 2.57 bits per heavy atom. The second-order valence-electron chi connectivity index (χ2n) is 5.73. The molecule has 1 aliphatic heterocycles. The van der Waals surface area contributed by atoms with Crippen molar-refractivity contribution in [2.24, 2.45) is 0 Å². The van der Waals surface area contributed by atoms with Gasteiger partial charge in [-0.3, -0.25) is 0 Å². The Kier molecular flexibility index (Phi) is 6.10. The first-order chi connectivity index (χ1) is 11.0. The number of hydrogen-bond acceptors (Lipinski definition) is 4. The number of unbranched alkanes of at least 4 members (excludes halogenated alkanes) is 1. The van der Waals surface area contributed by atoms with Crippen molar-refractivity contribution < 1.29 is 17.9 Å². The molecule has 0 saturated carbocycles. The lowest BCUT2D eigenvalue weighted by molar-refractivity contribution is -0.141. The predicted molar refractivity (Wildman–Crippen MR) is 84.9 cm³/mol. The standard InChI is InChI=1S/C16H24F3N3O/c1-3-4-11-23-12-7-9-22(10-8-12)15-13(20-2)5-6-14(21-15)16(17,18)19/h5-6,12,20H,3-4,7-11H2,1-2H3. The zero-order valence-corrected chi connectivity index (χ0v) is 13.6. The maximum Gasteiger partial charge on any atom is 0.433 e. The third-order valence-electron chi connectivity index (χ3n) is 4.03. The van der Waals surface area contributed by atoms with Crippen molar-refractivity contribution in [3.05, 3.63) is 17.8 Å². The SMILES string of the molecule is CCCCOC1CCN(c2nc(C(F)(F)F)ccc2NC)CC1. The highest BCUT2D eigenvalue weighted by Gasteiger charge is 2.34. The smallest absolute Gasteiger partial charge is 0.385 e. The summed E-state index contributed by atoms with van der Waals surface area (Å²) in [4.78, 5) is 5.74. The summed E-state index contributed by atoms with van der Waals surface area (Å²) in [5.41, 5.74) is -0.240. The number of nitrogens with one attached hydrogen (secondary N) is 1. The lowest BCUT2D eigenvalue weighted by Crippen LogP contribution is -2.38. The fourth-order valence-corrected chi connectivity index (χ4v) is 2.67. The molecular weight excluding hydrogens is 307 g/mol. The van der Waals surface area contributed by atoms with Crippen LogP contribution in [0.15, 0.2) is 12.1 Å². The van der Waals surface area contributed by atoms with Gasteiger partial charge in [0, 0.05) is 26.7 Å². The van der Waals surface area contributed by atoms with E-state index in [0.29, 0.717) is 24.6 Å². The highest BCUT2D eigenvalue weighted by Crippen LogP contribution is 2.33. The summed E-state index contributed by atoms with van der Waals surface area (Å²) in [6, 6.07) is 2.45. The van der Waals surface area contributed by atoms with Crippen LogP contribution in [0.5, 0.6) is 0 Å². The van der Waals surface area contributed by atoms with Crippen molar-refractivity contribution >= 4 is 11.5 Å². The van der Waals surface area contributed by atoms with Crippen LogP contribution in [0.1, 0.15) is 38.3 Å². The van der Waals surface area contributed by atoms with Crippen LogP contribution in [0.2, 0.25) is 0 Å². The minimum Gasteiger partial charge on any atom is -0.385 e. The largest absolute Gasteiger partial charge is 0.433 e. The van der Waals surface area contributed by atoms with Gasteiger partial charge in [0.05, 0.1) is 11.8 Å². The molecule has 0 radical (unpaired) electrons. The number of piperidine rings is 1. The van der Waals surface area contributed by atoms with E-state index in [1.807, 2.05) is 4.90 Å². The van der Waals surface area contributed by atoms with Gasteiger partial charge in [0.1, 0.15) is 5.69 Å². The minimum absolute atomic E-state index is 0.196. The highest BCUT2D eigenvalue weighted by atomic mass is 19.4. The number of nitrogens with zero attached hydrogens (tertiary/aromatic N) is 2. The number of pyridine rings is 1. The molecule has 1 fully saturated rings. The Balaban J connectivity index is 2.04. The van der Waals surface area contributed by atoms with Gasteiger partial charge < -0.3 is 15.0 Å². The number of halogens is 3. The average molecular weight is 331 g/mol. The zero-order chi connectivity index (χ0) is 16.9. The van der Waals surface area contributed by atoms with Crippen LogP contribution in [-0.2, 0) is 10.9 Å². The van der Waals surface area contributed by atoms with Crippen LogP contribution in [0.25, 0.3) is 0 Å². The van der Waals surface area contributed by atoms with Crippen molar-refractivity contribution in [1.82, 2.24) is 4.98 Å². The fourth-order valence-electron chi connectivity index (χ4n) is 2.67.